The van der Waals surface area contributed by atoms with Gasteiger partial charge in [0.05, 0.1) is 13.2 Å². The number of hydrogen-bond acceptors (Lipinski definition) is 5. The lowest BCUT2D eigenvalue weighted by Gasteiger charge is -2.26. The Labute approximate surface area is 170 Å². The van der Waals surface area contributed by atoms with E-state index in [-0.39, 0.29) is 12.5 Å². The van der Waals surface area contributed by atoms with Crippen molar-refractivity contribution in [1.29, 1.82) is 0 Å². The number of rotatable bonds is 9. The van der Waals surface area contributed by atoms with Crippen molar-refractivity contribution in [3.05, 3.63) is 59.1 Å². The maximum atomic E-state index is 12.0. The summed E-state index contributed by atoms with van der Waals surface area (Å²) in [7, 11) is 0. The Morgan fingerprint density at radius 2 is 1.82 bits per heavy atom. The molecule has 3 rings (SSSR count). The van der Waals surface area contributed by atoms with Gasteiger partial charge in [0.15, 0.2) is 6.61 Å². The van der Waals surface area contributed by atoms with Crippen molar-refractivity contribution in [2.24, 2.45) is 0 Å². The minimum atomic E-state index is -0.196. The number of nitrogens with zero attached hydrogens (tertiary/aromatic N) is 1. The Hall–Kier alpha value is -2.28. The minimum absolute atomic E-state index is 0.0594. The van der Waals surface area contributed by atoms with Gasteiger partial charge in [-0.15, -0.1) is 0 Å². The van der Waals surface area contributed by atoms with Crippen molar-refractivity contribution in [2.45, 2.75) is 6.54 Å². The fraction of sp³-hybridized carbons (Fsp3) is 0.381. The summed E-state index contributed by atoms with van der Waals surface area (Å²) in [5.41, 5.74) is 0.972. The molecule has 2 aromatic rings. The molecule has 28 heavy (non-hydrogen) atoms. The summed E-state index contributed by atoms with van der Waals surface area (Å²) >= 11 is 5.90. The van der Waals surface area contributed by atoms with Crippen LogP contribution in [-0.2, 0) is 16.1 Å². The van der Waals surface area contributed by atoms with Gasteiger partial charge in [-0.3, -0.25) is 9.69 Å². The molecule has 6 nitrogen and oxygen atoms in total. The number of nitrogens with one attached hydrogen (secondary N) is 1. The van der Waals surface area contributed by atoms with Gasteiger partial charge in [0, 0.05) is 31.2 Å². The van der Waals surface area contributed by atoms with E-state index in [0.717, 1.165) is 44.2 Å². The van der Waals surface area contributed by atoms with Gasteiger partial charge < -0.3 is 19.5 Å². The van der Waals surface area contributed by atoms with E-state index in [1.54, 1.807) is 24.3 Å². The van der Waals surface area contributed by atoms with E-state index in [2.05, 4.69) is 10.2 Å². The van der Waals surface area contributed by atoms with Crippen LogP contribution in [-0.4, -0.2) is 56.9 Å². The predicted octanol–water partition coefficient (Wildman–Crippen LogP) is 2.75. The lowest BCUT2D eigenvalue weighted by Crippen LogP contribution is -2.38. The van der Waals surface area contributed by atoms with Crippen LogP contribution in [0.25, 0.3) is 0 Å². The molecule has 0 aliphatic carbocycles. The summed E-state index contributed by atoms with van der Waals surface area (Å²) in [4.78, 5) is 14.3. The molecule has 1 N–H and O–H groups in total. The van der Waals surface area contributed by atoms with E-state index in [1.165, 1.54) is 0 Å². The van der Waals surface area contributed by atoms with Gasteiger partial charge in [0.2, 0.25) is 0 Å². The van der Waals surface area contributed by atoms with Crippen LogP contribution in [0.3, 0.4) is 0 Å². The molecular formula is C21H25ClN2O4. The molecule has 1 aliphatic heterocycles. The van der Waals surface area contributed by atoms with Crippen LogP contribution < -0.4 is 14.8 Å². The highest BCUT2D eigenvalue weighted by Crippen LogP contribution is 2.17. The minimum Gasteiger partial charge on any atom is -0.492 e. The normalized spacial score (nSPS) is 14.5. The summed E-state index contributed by atoms with van der Waals surface area (Å²) in [5.74, 6) is 1.17. The molecule has 2 aromatic carbocycles. The topological polar surface area (TPSA) is 60.0 Å². The number of ether oxygens (including phenoxy) is 3. The van der Waals surface area contributed by atoms with E-state index >= 15 is 0 Å². The zero-order valence-electron chi connectivity index (χ0n) is 15.7. The lowest BCUT2D eigenvalue weighted by atomic mass is 10.2. The third kappa shape index (κ3) is 7.03. The van der Waals surface area contributed by atoms with Crippen LogP contribution in [0.2, 0.25) is 5.02 Å². The SMILES string of the molecule is O=C(COc1cccc(Cl)c1)NCc1cccc(OCCN2CCOCC2)c1. The molecule has 0 saturated carbocycles. The van der Waals surface area contributed by atoms with Crippen molar-refractivity contribution in [3.63, 3.8) is 0 Å². The summed E-state index contributed by atoms with van der Waals surface area (Å²) < 4.78 is 16.6. The molecule has 1 heterocycles. The summed E-state index contributed by atoms with van der Waals surface area (Å²) in [6.07, 6.45) is 0. The average molecular weight is 405 g/mol. The first-order valence-corrected chi connectivity index (χ1v) is 9.74. The zero-order chi connectivity index (χ0) is 19.6. The first-order valence-electron chi connectivity index (χ1n) is 9.36. The average Bonchev–Trinajstić information content (AvgIpc) is 2.72. The zero-order valence-corrected chi connectivity index (χ0v) is 16.5. The number of carbonyl (C=O) groups is 1. The van der Waals surface area contributed by atoms with Crippen molar-refractivity contribution in [1.82, 2.24) is 10.2 Å². The molecular weight excluding hydrogens is 380 g/mol. The fourth-order valence-corrected chi connectivity index (χ4v) is 3.00. The van der Waals surface area contributed by atoms with Crippen molar-refractivity contribution < 1.29 is 19.0 Å². The lowest BCUT2D eigenvalue weighted by molar-refractivity contribution is -0.123. The van der Waals surface area contributed by atoms with Gasteiger partial charge >= 0.3 is 0 Å². The van der Waals surface area contributed by atoms with Gasteiger partial charge in [0.25, 0.3) is 5.91 Å². The first kappa shape index (κ1) is 20.5. The molecule has 0 bridgehead atoms. The molecule has 1 amide bonds. The predicted molar refractivity (Wildman–Crippen MR) is 108 cm³/mol. The smallest absolute Gasteiger partial charge is 0.258 e. The molecule has 150 valence electrons. The highest BCUT2D eigenvalue weighted by Gasteiger charge is 2.10. The van der Waals surface area contributed by atoms with Gasteiger partial charge in [0.1, 0.15) is 18.1 Å². The van der Waals surface area contributed by atoms with Crippen LogP contribution in [0.1, 0.15) is 5.56 Å². The van der Waals surface area contributed by atoms with Crippen molar-refractivity contribution in [2.75, 3.05) is 46.1 Å². The van der Waals surface area contributed by atoms with Gasteiger partial charge in [-0.05, 0) is 35.9 Å². The Kier molecular flexibility index (Phi) is 7.96. The Balaban J connectivity index is 1.38. The van der Waals surface area contributed by atoms with Gasteiger partial charge in [-0.1, -0.05) is 29.8 Å². The van der Waals surface area contributed by atoms with Crippen molar-refractivity contribution >= 4 is 17.5 Å². The highest BCUT2D eigenvalue weighted by atomic mass is 35.5. The second-order valence-electron chi connectivity index (χ2n) is 6.47. The molecule has 0 radical (unpaired) electrons. The molecule has 0 spiro atoms. The molecule has 0 aromatic heterocycles. The van der Waals surface area contributed by atoms with E-state index in [4.69, 9.17) is 25.8 Å². The number of amides is 1. The van der Waals surface area contributed by atoms with Crippen LogP contribution in [0.4, 0.5) is 0 Å². The van der Waals surface area contributed by atoms with Crippen LogP contribution in [0.15, 0.2) is 48.5 Å². The number of hydrogen-bond donors (Lipinski definition) is 1. The monoisotopic (exact) mass is 404 g/mol. The number of halogens is 1. The third-order valence-electron chi connectivity index (χ3n) is 4.33. The van der Waals surface area contributed by atoms with Gasteiger partial charge in [-0.25, -0.2) is 0 Å². The highest BCUT2D eigenvalue weighted by molar-refractivity contribution is 6.30. The fourth-order valence-electron chi connectivity index (χ4n) is 2.82. The molecule has 1 fully saturated rings. The van der Waals surface area contributed by atoms with Crippen LogP contribution >= 0.6 is 11.6 Å². The van der Waals surface area contributed by atoms with E-state index in [0.29, 0.717) is 23.9 Å². The molecule has 7 heteroatoms. The summed E-state index contributed by atoms with van der Waals surface area (Å²) in [6.45, 7) is 5.34. The standard InChI is InChI=1S/C21H25ClN2O4/c22-18-4-2-6-20(14-18)28-16-21(25)23-15-17-3-1-5-19(13-17)27-12-9-24-7-10-26-11-8-24/h1-6,13-14H,7-12,15-16H2,(H,23,25). The van der Waals surface area contributed by atoms with Crippen LogP contribution in [0.5, 0.6) is 11.5 Å². The molecule has 1 aliphatic rings. The van der Waals surface area contributed by atoms with E-state index in [1.807, 2.05) is 24.3 Å². The van der Waals surface area contributed by atoms with Crippen molar-refractivity contribution in [3.8, 4) is 11.5 Å². The first-order chi connectivity index (χ1) is 13.7. The third-order valence-corrected chi connectivity index (χ3v) is 4.57. The molecule has 1 saturated heterocycles. The second-order valence-corrected chi connectivity index (χ2v) is 6.91. The van der Waals surface area contributed by atoms with Crippen LogP contribution in [0, 0.1) is 0 Å². The summed E-state index contributed by atoms with van der Waals surface area (Å²) in [5, 5.41) is 3.42. The quantitative estimate of drug-likeness (QED) is 0.696. The molecule has 0 atom stereocenters. The number of carbonyl (C=O) groups excluding carboxylic acids is 1. The maximum absolute atomic E-state index is 12.0. The van der Waals surface area contributed by atoms with E-state index < -0.39 is 0 Å². The largest absolute Gasteiger partial charge is 0.492 e. The van der Waals surface area contributed by atoms with Gasteiger partial charge in [-0.2, -0.15) is 0 Å². The number of benzene rings is 2. The molecule has 0 unspecified atom stereocenters. The maximum Gasteiger partial charge on any atom is 0.258 e. The Morgan fingerprint density at radius 3 is 2.61 bits per heavy atom. The van der Waals surface area contributed by atoms with E-state index in [9.17, 15) is 4.79 Å². The Morgan fingerprint density at radius 1 is 1.07 bits per heavy atom. The second kappa shape index (κ2) is 10.9. The number of morpholine rings is 1. The summed E-state index contributed by atoms with van der Waals surface area (Å²) in [6, 6.07) is 14.7. The Bertz CT molecular complexity index is 766.